The Bertz CT molecular complexity index is 397. The van der Waals surface area contributed by atoms with Gasteiger partial charge in [-0.1, -0.05) is 6.07 Å². The minimum Gasteiger partial charge on any atom is -0.367 e. The number of hydrogen-bond acceptors (Lipinski definition) is 3. The van der Waals surface area contributed by atoms with Crippen molar-refractivity contribution in [2.75, 3.05) is 31.1 Å². The van der Waals surface area contributed by atoms with Crippen LogP contribution in [0.1, 0.15) is 5.56 Å². The number of benzene rings is 1. The number of anilines is 1. The third-order valence-corrected chi connectivity index (χ3v) is 2.56. The Morgan fingerprint density at radius 2 is 2.00 bits per heavy atom. The predicted molar refractivity (Wildman–Crippen MR) is 63.4 cm³/mol. The summed E-state index contributed by atoms with van der Waals surface area (Å²) >= 11 is 0. The smallest absolute Gasteiger partial charge is 0.164 e. The van der Waals surface area contributed by atoms with Crippen LogP contribution in [0.2, 0.25) is 0 Å². The van der Waals surface area contributed by atoms with Gasteiger partial charge in [0.05, 0.1) is 11.3 Å². The lowest BCUT2D eigenvalue weighted by Gasteiger charge is -2.29. The molecule has 0 saturated carbocycles. The highest BCUT2D eigenvalue weighted by atomic mass is 35.5. The van der Waals surface area contributed by atoms with Gasteiger partial charge >= 0.3 is 0 Å². The maximum Gasteiger partial charge on any atom is 0.164 e. The van der Waals surface area contributed by atoms with Gasteiger partial charge in [-0.2, -0.15) is 5.26 Å². The summed E-state index contributed by atoms with van der Waals surface area (Å²) in [5.74, 6) is -0.401. The zero-order valence-corrected chi connectivity index (χ0v) is 9.56. The standard InChI is InChI=1S/C11H12FN3.ClH/c12-11-9(8-13)2-1-3-10(11)15-6-4-14-5-7-15;/h1-3,14H,4-7H2;1H. The first-order valence-corrected chi connectivity index (χ1v) is 4.97. The van der Waals surface area contributed by atoms with Crippen LogP contribution in [0, 0.1) is 17.1 Å². The molecule has 0 unspecified atom stereocenters. The lowest BCUT2D eigenvalue weighted by molar-refractivity contribution is 0.565. The van der Waals surface area contributed by atoms with Crippen molar-refractivity contribution in [3.63, 3.8) is 0 Å². The highest BCUT2D eigenvalue weighted by Gasteiger charge is 2.16. The Kier molecular flexibility index (Phi) is 4.53. The van der Waals surface area contributed by atoms with E-state index in [1.165, 1.54) is 6.07 Å². The van der Waals surface area contributed by atoms with Crippen LogP contribution < -0.4 is 10.2 Å². The minimum absolute atomic E-state index is 0. The first-order valence-electron chi connectivity index (χ1n) is 4.97. The lowest BCUT2D eigenvalue weighted by atomic mass is 10.1. The Labute approximate surface area is 100 Å². The van der Waals surface area contributed by atoms with E-state index in [9.17, 15) is 4.39 Å². The van der Waals surface area contributed by atoms with Crippen molar-refractivity contribution in [1.82, 2.24) is 5.32 Å². The molecule has 1 aliphatic rings. The molecule has 3 nitrogen and oxygen atoms in total. The summed E-state index contributed by atoms with van der Waals surface area (Å²) in [6, 6.07) is 6.80. The van der Waals surface area contributed by atoms with E-state index in [2.05, 4.69) is 5.32 Å². The summed E-state index contributed by atoms with van der Waals surface area (Å²) in [7, 11) is 0. The third kappa shape index (κ3) is 2.43. The molecule has 1 N–H and O–H groups in total. The van der Waals surface area contributed by atoms with Gasteiger partial charge < -0.3 is 10.2 Å². The molecule has 0 aromatic heterocycles. The van der Waals surface area contributed by atoms with E-state index in [1.54, 1.807) is 12.1 Å². The fraction of sp³-hybridized carbons (Fsp3) is 0.364. The molecule has 0 bridgehead atoms. The van der Waals surface area contributed by atoms with Crippen molar-refractivity contribution in [3.8, 4) is 6.07 Å². The molecule has 5 heteroatoms. The molecule has 1 saturated heterocycles. The van der Waals surface area contributed by atoms with Gasteiger partial charge in [0.15, 0.2) is 5.82 Å². The van der Waals surface area contributed by atoms with E-state index in [0.717, 1.165) is 26.2 Å². The van der Waals surface area contributed by atoms with Crippen LogP contribution in [0.3, 0.4) is 0 Å². The Morgan fingerprint density at radius 1 is 1.31 bits per heavy atom. The van der Waals surface area contributed by atoms with Crippen LogP contribution in [0.4, 0.5) is 10.1 Å². The Hall–Kier alpha value is -1.31. The van der Waals surface area contributed by atoms with Crippen LogP contribution in [-0.2, 0) is 0 Å². The fourth-order valence-electron chi connectivity index (χ4n) is 1.76. The molecule has 0 spiro atoms. The molecule has 86 valence electrons. The molecule has 1 aromatic carbocycles. The number of nitrogens with one attached hydrogen (secondary N) is 1. The topological polar surface area (TPSA) is 39.1 Å². The lowest BCUT2D eigenvalue weighted by Crippen LogP contribution is -2.43. The Balaban J connectivity index is 0.00000128. The molecule has 1 fully saturated rings. The molecular formula is C11H13ClFN3. The molecule has 0 radical (unpaired) electrons. The summed E-state index contributed by atoms with van der Waals surface area (Å²) in [5, 5.41) is 11.9. The first-order chi connectivity index (χ1) is 7.33. The summed E-state index contributed by atoms with van der Waals surface area (Å²) in [6.07, 6.45) is 0. The van der Waals surface area contributed by atoms with Crippen molar-refractivity contribution in [2.45, 2.75) is 0 Å². The number of nitrogens with zero attached hydrogens (tertiary/aromatic N) is 2. The van der Waals surface area contributed by atoms with Gasteiger partial charge in [0, 0.05) is 26.2 Å². The second-order valence-electron chi connectivity index (χ2n) is 3.49. The highest BCUT2D eigenvalue weighted by molar-refractivity contribution is 5.85. The van der Waals surface area contributed by atoms with Gasteiger partial charge in [0.2, 0.25) is 0 Å². The zero-order chi connectivity index (χ0) is 10.7. The molecule has 1 heterocycles. The van der Waals surface area contributed by atoms with Gasteiger partial charge in [-0.3, -0.25) is 0 Å². The minimum atomic E-state index is -0.401. The fourth-order valence-corrected chi connectivity index (χ4v) is 1.76. The van der Waals surface area contributed by atoms with Crippen molar-refractivity contribution >= 4 is 18.1 Å². The molecule has 1 aliphatic heterocycles. The molecule has 0 aliphatic carbocycles. The van der Waals surface area contributed by atoms with Crippen molar-refractivity contribution < 1.29 is 4.39 Å². The summed E-state index contributed by atoms with van der Waals surface area (Å²) < 4.78 is 13.8. The second-order valence-corrected chi connectivity index (χ2v) is 3.49. The van der Waals surface area contributed by atoms with Crippen LogP contribution in [0.15, 0.2) is 18.2 Å². The van der Waals surface area contributed by atoms with Gasteiger partial charge in [0.1, 0.15) is 6.07 Å². The van der Waals surface area contributed by atoms with E-state index in [-0.39, 0.29) is 18.0 Å². The van der Waals surface area contributed by atoms with E-state index in [0.29, 0.717) is 5.69 Å². The van der Waals surface area contributed by atoms with Crippen molar-refractivity contribution in [2.24, 2.45) is 0 Å². The van der Waals surface area contributed by atoms with Gasteiger partial charge in [-0.25, -0.2) is 4.39 Å². The van der Waals surface area contributed by atoms with E-state index >= 15 is 0 Å². The average Bonchev–Trinajstić information content (AvgIpc) is 2.30. The summed E-state index contributed by atoms with van der Waals surface area (Å²) in [5.41, 5.74) is 0.654. The average molecular weight is 242 g/mol. The maximum atomic E-state index is 13.8. The number of nitriles is 1. The number of hydrogen-bond donors (Lipinski definition) is 1. The SMILES string of the molecule is Cl.N#Cc1cccc(N2CCNCC2)c1F. The third-order valence-electron chi connectivity index (χ3n) is 2.56. The second kappa shape index (κ2) is 5.69. The zero-order valence-electron chi connectivity index (χ0n) is 8.74. The molecule has 1 aromatic rings. The van der Waals surface area contributed by atoms with Crippen LogP contribution in [0.25, 0.3) is 0 Å². The monoisotopic (exact) mass is 241 g/mol. The van der Waals surface area contributed by atoms with Crippen molar-refractivity contribution in [3.05, 3.63) is 29.6 Å². The summed E-state index contributed by atoms with van der Waals surface area (Å²) in [6.45, 7) is 3.28. The van der Waals surface area contributed by atoms with E-state index < -0.39 is 5.82 Å². The van der Waals surface area contributed by atoms with Crippen LogP contribution in [-0.4, -0.2) is 26.2 Å². The van der Waals surface area contributed by atoms with Crippen LogP contribution >= 0.6 is 12.4 Å². The molecule has 2 rings (SSSR count). The van der Waals surface area contributed by atoms with Crippen molar-refractivity contribution in [1.29, 1.82) is 5.26 Å². The maximum absolute atomic E-state index is 13.8. The number of rotatable bonds is 1. The molecule has 16 heavy (non-hydrogen) atoms. The molecule has 0 atom stereocenters. The quantitative estimate of drug-likeness (QED) is 0.811. The van der Waals surface area contributed by atoms with E-state index in [1.807, 2.05) is 11.0 Å². The highest BCUT2D eigenvalue weighted by Crippen LogP contribution is 2.21. The largest absolute Gasteiger partial charge is 0.367 e. The Morgan fingerprint density at radius 3 is 2.62 bits per heavy atom. The molecule has 0 amide bonds. The number of piperazine rings is 1. The van der Waals surface area contributed by atoms with Gasteiger partial charge in [-0.05, 0) is 12.1 Å². The predicted octanol–water partition coefficient (Wildman–Crippen LogP) is 1.53. The van der Waals surface area contributed by atoms with E-state index in [4.69, 9.17) is 5.26 Å². The molecular weight excluding hydrogens is 229 g/mol. The van der Waals surface area contributed by atoms with Crippen LogP contribution in [0.5, 0.6) is 0 Å². The number of halogens is 2. The first kappa shape index (κ1) is 12.8. The van der Waals surface area contributed by atoms with Gasteiger partial charge in [-0.15, -0.1) is 12.4 Å². The summed E-state index contributed by atoms with van der Waals surface area (Å²) in [4.78, 5) is 1.96. The normalized spacial score (nSPS) is 15.1. The van der Waals surface area contributed by atoms with Gasteiger partial charge in [0.25, 0.3) is 0 Å².